The molecule has 0 aliphatic heterocycles. The summed E-state index contributed by atoms with van der Waals surface area (Å²) in [4.78, 5) is 7.93. The van der Waals surface area contributed by atoms with Crippen LogP contribution in [0.1, 0.15) is 18.1 Å². The van der Waals surface area contributed by atoms with Crippen LogP contribution in [-0.4, -0.2) is 9.97 Å². The van der Waals surface area contributed by atoms with Gasteiger partial charge in [-0.15, -0.1) is 17.0 Å². The Morgan fingerprint density at radius 1 is 0.952 bits per heavy atom. The summed E-state index contributed by atoms with van der Waals surface area (Å²) in [6.07, 6.45) is 4.31. The fourth-order valence-corrected chi connectivity index (χ4v) is 2.58. The number of alkyl halides is 1. The standard InChI is InChI=1S/C7H9BrN2.C6H6Br2N2.BrH/c1-2-5-3-6(8)4-10-7(5)9;7-2-4-1-5(8)3-10-6(4)9;/h3-4H,2H2,1H3,(H2,9,10);1,3H,2H2,(H2,9,10);1H. The average molecular weight is 548 g/mol. The van der Waals surface area contributed by atoms with Crippen LogP contribution in [0.2, 0.25) is 0 Å². The number of nitrogens with two attached hydrogens (primary N) is 2. The van der Waals surface area contributed by atoms with Crippen LogP contribution < -0.4 is 11.5 Å². The van der Waals surface area contributed by atoms with Gasteiger partial charge in [0, 0.05) is 32.2 Å². The van der Waals surface area contributed by atoms with Crippen LogP contribution in [0.4, 0.5) is 11.6 Å². The minimum absolute atomic E-state index is 0. The number of nitrogen functional groups attached to an aromatic ring is 2. The molecule has 0 saturated heterocycles. The largest absolute Gasteiger partial charge is 0.383 e. The first-order valence-electron chi connectivity index (χ1n) is 5.83. The molecule has 116 valence electrons. The Bertz CT molecular complexity index is 527. The summed E-state index contributed by atoms with van der Waals surface area (Å²) in [5.74, 6) is 1.21. The van der Waals surface area contributed by atoms with Crippen LogP contribution in [0.5, 0.6) is 0 Å². The molecule has 0 unspecified atom stereocenters. The van der Waals surface area contributed by atoms with E-state index in [-0.39, 0.29) is 17.0 Å². The number of rotatable bonds is 2. The molecule has 4 N–H and O–H groups in total. The molecule has 0 aromatic carbocycles. The SMILES string of the molecule is Br.CCc1cc(Br)cnc1N.Nc1ncc(Br)cc1CBr. The number of aryl methyl sites for hydroxylation is 1. The zero-order valence-electron chi connectivity index (χ0n) is 11.3. The lowest BCUT2D eigenvalue weighted by Gasteiger charge is -2.00. The van der Waals surface area contributed by atoms with Gasteiger partial charge < -0.3 is 11.5 Å². The molecule has 2 rings (SSSR count). The van der Waals surface area contributed by atoms with E-state index in [2.05, 4.69) is 64.7 Å². The summed E-state index contributed by atoms with van der Waals surface area (Å²) in [7, 11) is 0. The van der Waals surface area contributed by atoms with Crippen molar-refractivity contribution < 1.29 is 0 Å². The molecular weight excluding hydrogens is 532 g/mol. The highest BCUT2D eigenvalue weighted by atomic mass is 79.9. The first-order chi connectivity index (χ1) is 9.47. The fourth-order valence-electron chi connectivity index (χ4n) is 1.37. The van der Waals surface area contributed by atoms with E-state index < -0.39 is 0 Å². The third-order valence-corrected chi connectivity index (χ3v) is 3.93. The summed E-state index contributed by atoms with van der Waals surface area (Å²) in [6.45, 7) is 2.06. The van der Waals surface area contributed by atoms with Crippen LogP contribution in [0.25, 0.3) is 0 Å². The minimum atomic E-state index is 0. The lowest BCUT2D eigenvalue weighted by atomic mass is 10.2. The van der Waals surface area contributed by atoms with Gasteiger partial charge in [0.25, 0.3) is 0 Å². The third kappa shape index (κ3) is 7.08. The molecule has 0 spiro atoms. The van der Waals surface area contributed by atoms with Crippen molar-refractivity contribution >= 4 is 76.4 Å². The lowest BCUT2D eigenvalue weighted by molar-refractivity contribution is 1.11. The van der Waals surface area contributed by atoms with Crippen molar-refractivity contribution in [2.45, 2.75) is 18.7 Å². The van der Waals surface area contributed by atoms with Crippen molar-refractivity contribution in [3.05, 3.63) is 44.6 Å². The molecule has 0 amide bonds. The fraction of sp³-hybridized carbons (Fsp3) is 0.231. The Labute approximate surface area is 160 Å². The van der Waals surface area contributed by atoms with Crippen LogP contribution in [0, 0.1) is 0 Å². The average Bonchev–Trinajstić information content (AvgIpc) is 2.44. The molecule has 0 saturated carbocycles. The van der Waals surface area contributed by atoms with E-state index in [4.69, 9.17) is 11.5 Å². The summed E-state index contributed by atoms with van der Waals surface area (Å²) in [5, 5.41) is 0.741. The smallest absolute Gasteiger partial charge is 0.127 e. The van der Waals surface area contributed by atoms with Crippen LogP contribution in [-0.2, 0) is 11.8 Å². The second kappa shape index (κ2) is 10.5. The summed E-state index contributed by atoms with van der Waals surface area (Å²) >= 11 is 9.92. The topological polar surface area (TPSA) is 77.8 Å². The molecule has 0 aliphatic carbocycles. The van der Waals surface area contributed by atoms with Gasteiger partial charge in [-0.2, -0.15) is 0 Å². The van der Waals surface area contributed by atoms with E-state index in [1.807, 2.05) is 12.1 Å². The van der Waals surface area contributed by atoms with Gasteiger partial charge in [0.2, 0.25) is 0 Å². The van der Waals surface area contributed by atoms with Gasteiger partial charge in [-0.3, -0.25) is 0 Å². The van der Waals surface area contributed by atoms with Crippen LogP contribution >= 0.6 is 64.8 Å². The normalized spacial score (nSPS) is 9.33. The summed E-state index contributed by atoms with van der Waals surface area (Å²) in [5.41, 5.74) is 13.2. The Morgan fingerprint density at radius 3 is 1.71 bits per heavy atom. The zero-order chi connectivity index (χ0) is 15.1. The van der Waals surface area contributed by atoms with Crippen molar-refractivity contribution in [3.8, 4) is 0 Å². The molecule has 2 aromatic rings. The maximum absolute atomic E-state index is 5.57. The first-order valence-corrected chi connectivity index (χ1v) is 8.54. The quantitative estimate of drug-likeness (QED) is 0.525. The molecule has 0 atom stereocenters. The minimum Gasteiger partial charge on any atom is -0.383 e. The van der Waals surface area contributed by atoms with Gasteiger partial charge in [0.15, 0.2) is 0 Å². The first kappa shape index (κ1) is 20.8. The summed E-state index contributed by atoms with van der Waals surface area (Å²) < 4.78 is 1.94. The van der Waals surface area contributed by atoms with Crippen molar-refractivity contribution in [3.63, 3.8) is 0 Å². The molecule has 0 bridgehead atoms. The van der Waals surface area contributed by atoms with Gasteiger partial charge in [-0.1, -0.05) is 22.9 Å². The van der Waals surface area contributed by atoms with Gasteiger partial charge in [0.05, 0.1) is 0 Å². The summed E-state index contributed by atoms with van der Waals surface area (Å²) in [6, 6.07) is 3.93. The van der Waals surface area contributed by atoms with Crippen molar-refractivity contribution in [2.24, 2.45) is 0 Å². The lowest BCUT2D eigenvalue weighted by Crippen LogP contribution is -1.95. The number of halogens is 4. The number of pyridine rings is 2. The Kier molecular flexibility index (Phi) is 10.4. The molecule has 2 heterocycles. The molecule has 8 heteroatoms. The molecular formula is C13H16Br4N4. The second-order valence-corrected chi connectivity index (χ2v) is 6.28. The number of aromatic nitrogens is 2. The second-order valence-electron chi connectivity index (χ2n) is 3.88. The van der Waals surface area contributed by atoms with Crippen molar-refractivity contribution in [1.82, 2.24) is 9.97 Å². The van der Waals surface area contributed by atoms with E-state index in [0.29, 0.717) is 11.6 Å². The van der Waals surface area contributed by atoms with E-state index in [1.54, 1.807) is 12.4 Å². The maximum Gasteiger partial charge on any atom is 0.127 e. The van der Waals surface area contributed by atoms with Gasteiger partial charge in [-0.05, 0) is 56.0 Å². The maximum atomic E-state index is 5.57. The van der Waals surface area contributed by atoms with Crippen LogP contribution in [0.3, 0.4) is 0 Å². The van der Waals surface area contributed by atoms with Crippen LogP contribution in [0.15, 0.2) is 33.5 Å². The van der Waals surface area contributed by atoms with Gasteiger partial charge >= 0.3 is 0 Å². The third-order valence-electron chi connectivity index (χ3n) is 2.46. The van der Waals surface area contributed by atoms with E-state index in [0.717, 1.165) is 31.8 Å². The Morgan fingerprint density at radius 2 is 1.38 bits per heavy atom. The number of nitrogens with zero attached hydrogens (tertiary/aromatic N) is 2. The van der Waals surface area contributed by atoms with Gasteiger partial charge in [0.1, 0.15) is 11.6 Å². The van der Waals surface area contributed by atoms with E-state index >= 15 is 0 Å². The Hall–Kier alpha value is -0.180. The molecule has 4 nitrogen and oxygen atoms in total. The highest BCUT2D eigenvalue weighted by Gasteiger charge is 1.98. The molecule has 0 radical (unpaired) electrons. The van der Waals surface area contributed by atoms with Crippen molar-refractivity contribution in [1.29, 1.82) is 0 Å². The van der Waals surface area contributed by atoms with Gasteiger partial charge in [-0.25, -0.2) is 9.97 Å². The molecule has 0 aliphatic rings. The monoisotopic (exact) mass is 544 g/mol. The van der Waals surface area contributed by atoms with E-state index in [1.165, 1.54) is 0 Å². The number of hydrogen-bond acceptors (Lipinski definition) is 4. The predicted molar refractivity (Wildman–Crippen MR) is 105 cm³/mol. The number of anilines is 2. The van der Waals surface area contributed by atoms with E-state index in [9.17, 15) is 0 Å². The Balaban J connectivity index is 0.000000364. The molecule has 2 aromatic heterocycles. The molecule has 21 heavy (non-hydrogen) atoms. The van der Waals surface area contributed by atoms with Crippen molar-refractivity contribution in [2.75, 3.05) is 11.5 Å². The highest BCUT2D eigenvalue weighted by Crippen LogP contribution is 2.17. The number of hydrogen-bond donors (Lipinski definition) is 2. The predicted octanol–water partition coefficient (Wildman–Crippen LogP) is 4.89. The zero-order valence-corrected chi connectivity index (χ0v) is 17.8. The molecule has 0 fully saturated rings. The highest BCUT2D eigenvalue weighted by molar-refractivity contribution is 9.10.